The number of alkyl halides is 3. The number of sulfone groups is 1. The first-order valence-corrected chi connectivity index (χ1v) is 10.7. The second kappa shape index (κ2) is 8.31. The zero-order valence-corrected chi connectivity index (χ0v) is 17.0. The minimum absolute atomic E-state index is 0.112. The summed E-state index contributed by atoms with van der Waals surface area (Å²) in [4.78, 5) is 11.4. The van der Waals surface area contributed by atoms with E-state index in [1.54, 1.807) is 20.8 Å². The Morgan fingerprint density at radius 2 is 1.75 bits per heavy atom. The van der Waals surface area contributed by atoms with Crippen LogP contribution in [0.4, 0.5) is 18.0 Å². The molecule has 1 aliphatic carbocycles. The summed E-state index contributed by atoms with van der Waals surface area (Å²) in [5, 5.41) is 1.97. The lowest BCUT2D eigenvalue weighted by Gasteiger charge is -2.29. The maximum atomic E-state index is 12.9. The highest BCUT2D eigenvalue weighted by Crippen LogP contribution is 2.34. The Morgan fingerprint density at radius 1 is 1.14 bits per heavy atom. The van der Waals surface area contributed by atoms with E-state index in [2.05, 4.69) is 5.32 Å². The quantitative estimate of drug-likeness (QED) is 0.773. The molecule has 0 radical (unpaired) electrons. The first-order valence-electron chi connectivity index (χ1n) is 9.17. The van der Waals surface area contributed by atoms with E-state index in [0.29, 0.717) is 38.3 Å². The molecule has 1 fully saturated rings. The number of hydrogen-bond acceptors (Lipinski definition) is 4. The van der Waals surface area contributed by atoms with E-state index in [0.717, 1.165) is 12.1 Å². The van der Waals surface area contributed by atoms with Crippen LogP contribution in [0.15, 0.2) is 29.2 Å². The van der Waals surface area contributed by atoms with E-state index in [1.165, 1.54) is 6.07 Å². The van der Waals surface area contributed by atoms with Gasteiger partial charge in [0.05, 0.1) is 15.7 Å². The number of rotatable bonds is 4. The van der Waals surface area contributed by atoms with Gasteiger partial charge < -0.3 is 10.1 Å². The third kappa shape index (κ3) is 6.12. The highest BCUT2D eigenvalue weighted by atomic mass is 32.2. The maximum absolute atomic E-state index is 12.9. The average molecular weight is 421 g/mol. The lowest BCUT2D eigenvalue weighted by molar-refractivity contribution is -0.137. The Morgan fingerprint density at radius 3 is 2.29 bits per heavy atom. The summed E-state index contributed by atoms with van der Waals surface area (Å²) in [6, 6.07) is 3.89. The Hall–Kier alpha value is -1.77. The van der Waals surface area contributed by atoms with Gasteiger partial charge in [-0.05, 0) is 70.6 Å². The lowest BCUT2D eigenvalue weighted by atomic mass is 9.89. The molecule has 1 aromatic carbocycles. The molecule has 28 heavy (non-hydrogen) atoms. The Balaban J connectivity index is 1.94. The van der Waals surface area contributed by atoms with Gasteiger partial charge in [0.1, 0.15) is 5.60 Å². The molecule has 0 atom stereocenters. The van der Waals surface area contributed by atoms with Gasteiger partial charge in [-0.25, -0.2) is 13.2 Å². The average Bonchev–Trinajstić information content (AvgIpc) is 2.58. The molecule has 0 aromatic heterocycles. The van der Waals surface area contributed by atoms with Gasteiger partial charge >= 0.3 is 12.3 Å². The number of benzene rings is 1. The molecule has 1 aromatic rings. The van der Waals surface area contributed by atoms with Crippen LogP contribution < -0.4 is 5.32 Å². The summed E-state index contributed by atoms with van der Waals surface area (Å²) >= 11 is 0. The zero-order chi connectivity index (χ0) is 21.2. The summed E-state index contributed by atoms with van der Waals surface area (Å²) in [6.07, 6.45) is -3.28. The predicted molar refractivity (Wildman–Crippen MR) is 98.6 cm³/mol. The maximum Gasteiger partial charge on any atom is 0.416 e. The van der Waals surface area contributed by atoms with Gasteiger partial charge in [0.25, 0.3) is 0 Å². The molecule has 0 aliphatic heterocycles. The van der Waals surface area contributed by atoms with E-state index in [9.17, 15) is 26.4 Å². The van der Waals surface area contributed by atoms with Crippen LogP contribution in [0, 0.1) is 5.92 Å². The standard InChI is InChI=1S/C19H26F3NO4S/c1-18(2,3)27-17(24)23-12-13-7-9-15(10-8-13)28(25,26)16-6-4-5-14(11-16)19(20,21)22/h4-6,11,13,15H,7-10,12H2,1-3H3,(H,23,24)/t13-,15+. The van der Waals surface area contributed by atoms with Gasteiger partial charge in [-0.3, -0.25) is 0 Å². The number of amides is 1. The van der Waals surface area contributed by atoms with Crippen LogP contribution >= 0.6 is 0 Å². The van der Waals surface area contributed by atoms with Gasteiger partial charge in [0.15, 0.2) is 9.84 Å². The van der Waals surface area contributed by atoms with E-state index in [1.807, 2.05) is 0 Å². The van der Waals surface area contributed by atoms with Crippen molar-refractivity contribution < 1.29 is 31.1 Å². The molecule has 1 N–H and O–H groups in total. The van der Waals surface area contributed by atoms with E-state index < -0.39 is 38.5 Å². The van der Waals surface area contributed by atoms with Crippen molar-refractivity contribution in [1.82, 2.24) is 5.32 Å². The van der Waals surface area contributed by atoms with Crippen molar-refractivity contribution in [2.24, 2.45) is 5.92 Å². The van der Waals surface area contributed by atoms with Crippen LogP contribution in [0.5, 0.6) is 0 Å². The van der Waals surface area contributed by atoms with Gasteiger partial charge in [0.2, 0.25) is 0 Å². The highest BCUT2D eigenvalue weighted by molar-refractivity contribution is 7.92. The molecule has 158 valence electrons. The molecule has 0 bridgehead atoms. The molecule has 0 heterocycles. The largest absolute Gasteiger partial charge is 0.444 e. The molecule has 0 spiro atoms. The minimum Gasteiger partial charge on any atom is -0.444 e. The van der Waals surface area contributed by atoms with Crippen LogP contribution in [0.1, 0.15) is 52.0 Å². The molecular formula is C19H26F3NO4S. The van der Waals surface area contributed by atoms with Crippen LogP contribution in [-0.4, -0.2) is 31.9 Å². The number of carbonyl (C=O) groups is 1. The first kappa shape index (κ1) is 22.5. The van der Waals surface area contributed by atoms with E-state index in [-0.39, 0.29) is 10.8 Å². The van der Waals surface area contributed by atoms with Crippen molar-refractivity contribution in [3.63, 3.8) is 0 Å². The molecule has 1 aliphatic rings. The first-order chi connectivity index (χ1) is 12.8. The smallest absolute Gasteiger partial charge is 0.416 e. The minimum atomic E-state index is -4.59. The van der Waals surface area contributed by atoms with E-state index >= 15 is 0 Å². The van der Waals surface area contributed by atoms with Crippen molar-refractivity contribution in [2.75, 3.05) is 6.54 Å². The topological polar surface area (TPSA) is 72.5 Å². The summed E-state index contributed by atoms with van der Waals surface area (Å²) in [5.41, 5.74) is -1.57. The van der Waals surface area contributed by atoms with Crippen molar-refractivity contribution >= 4 is 15.9 Å². The van der Waals surface area contributed by atoms with Gasteiger partial charge in [0, 0.05) is 6.54 Å². The SMILES string of the molecule is CC(C)(C)OC(=O)NC[C@H]1CC[C@@H](S(=O)(=O)c2cccc(C(F)(F)F)c2)CC1. The van der Waals surface area contributed by atoms with Crippen molar-refractivity contribution in [2.45, 2.75) is 68.4 Å². The van der Waals surface area contributed by atoms with Crippen LogP contribution in [-0.2, 0) is 20.8 Å². The molecule has 0 unspecified atom stereocenters. The van der Waals surface area contributed by atoms with Gasteiger partial charge in [-0.2, -0.15) is 13.2 Å². The predicted octanol–water partition coefficient (Wildman–Crippen LogP) is 4.56. The molecule has 1 amide bonds. The van der Waals surface area contributed by atoms with Gasteiger partial charge in [-0.15, -0.1) is 0 Å². The summed E-state index contributed by atoms with van der Waals surface area (Å²) in [5.74, 6) is 0.112. The number of carbonyl (C=O) groups excluding carboxylic acids is 1. The van der Waals surface area contributed by atoms with Crippen molar-refractivity contribution in [1.29, 1.82) is 0 Å². The zero-order valence-electron chi connectivity index (χ0n) is 16.2. The second-order valence-electron chi connectivity index (χ2n) is 8.10. The Kier molecular flexibility index (Phi) is 6.68. The van der Waals surface area contributed by atoms with Gasteiger partial charge in [-0.1, -0.05) is 6.07 Å². The third-order valence-electron chi connectivity index (χ3n) is 4.66. The number of halogens is 3. The molecule has 1 saturated carbocycles. The normalized spacial score (nSPS) is 21.2. The lowest BCUT2D eigenvalue weighted by Crippen LogP contribution is -2.37. The monoisotopic (exact) mass is 421 g/mol. The number of hydrogen-bond donors (Lipinski definition) is 1. The van der Waals surface area contributed by atoms with Crippen LogP contribution in [0.3, 0.4) is 0 Å². The number of ether oxygens (including phenoxy) is 1. The highest BCUT2D eigenvalue weighted by Gasteiger charge is 2.35. The van der Waals surface area contributed by atoms with Crippen molar-refractivity contribution in [3.8, 4) is 0 Å². The molecule has 2 rings (SSSR count). The summed E-state index contributed by atoms with van der Waals surface area (Å²) in [6.45, 7) is 5.66. The van der Waals surface area contributed by atoms with Crippen molar-refractivity contribution in [3.05, 3.63) is 29.8 Å². The van der Waals surface area contributed by atoms with Crippen LogP contribution in [0.2, 0.25) is 0 Å². The Labute approximate surface area is 163 Å². The summed E-state index contributed by atoms with van der Waals surface area (Å²) < 4.78 is 69.2. The Bertz CT molecular complexity index is 792. The second-order valence-corrected chi connectivity index (χ2v) is 10.3. The third-order valence-corrected chi connectivity index (χ3v) is 6.92. The number of nitrogens with one attached hydrogen (secondary N) is 1. The fraction of sp³-hybridized carbons (Fsp3) is 0.632. The molecule has 9 heteroatoms. The molecular weight excluding hydrogens is 395 g/mol. The fourth-order valence-corrected chi connectivity index (χ4v) is 5.07. The molecule has 5 nitrogen and oxygen atoms in total. The molecule has 0 saturated heterocycles. The fourth-order valence-electron chi connectivity index (χ4n) is 3.23. The van der Waals surface area contributed by atoms with E-state index in [4.69, 9.17) is 4.74 Å². The van der Waals surface area contributed by atoms with Crippen LogP contribution in [0.25, 0.3) is 0 Å². The number of alkyl carbamates (subject to hydrolysis) is 1. The summed E-state index contributed by atoms with van der Waals surface area (Å²) in [7, 11) is -3.84.